The molecule has 0 atom stereocenters. The Hall–Kier alpha value is -2.71. The number of hydrogen-bond acceptors (Lipinski definition) is 6. The van der Waals surface area contributed by atoms with E-state index < -0.39 is 0 Å². The second-order valence-corrected chi connectivity index (χ2v) is 6.84. The van der Waals surface area contributed by atoms with Crippen LogP contribution in [0.15, 0.2) is 53.9 Å². The average Bonchev–Trinajstić information content (AvgIpc) is 3.08. The van der Waals surface area contributed by atoms with Crippen LogP contribution in [-0.2, 0) is 16.1 Å². The molecule has 3 aromatic rings. The van der Waals surface area contributed by atoms with Gasteiger partial charge in [-0.25, -0.2) is 0 Å². The number of aryl methyl sites for hydroxylation is 1. The molecule has 1 aromatic carbocycles. The number of hydrogen-bond donors (Lipinski definition) is 1. The highest BCUT2D eigenvalue weighted by molar-refractivity contribution is 7.99. The number of anilines is 1. The predicted octanol–water partition coefficient (Wildman–Crippen LogP) is 3.03. The number of aromatic nitrogens is 4. The maximum Gasteiger partial charge on any atom is 0.234 e. The van der Waals surface area contributed by atoms with Crippen molar-refractivity contribution in [2.45, 2.75) is 18.6 Å². The molecule has 0 fully saturated rings. The Morgan fingerprint density at radius 2 is 2.04 bits per heavy atom. The lowest BCUT2D eigenvalue weighted by Crippen LogP contribution is -2.15. The highest BCUT2D eigenvalue weighted by atomic mass is 32.2. The zero-order chi connectivity index (χ0) is 19.1. The minimum absolute atomic E-state index is 0.0858. The molecule has 0 aliphatic rings. The minimum Gasteiger partial charge on any atom is -0.383 e. The van der Waals surface area contributed by atoms with Crippen molar-refractivity contribution < 1.29 is 9.53 Å². The standard InChI is InChI=1S/C19H21N5O2S/c1-14-4-3-5-16(12-14)21-17(25)13-27-19-23-22-18(24(19)10-11-26-2)15-6-8-20-9-7-15/h3-9,12H,10-11,13H2,1-2H3,(H,21,25). The predicted molar refractivity (Wildman–Crippen MR) is 106 cm³/mol. The largest absolute Gasteiger partial charge is 0.383 e. The second kappa shape index (κ2) is 9.29. The zero-order valence-electron chi connectivity index (χ0n) is 15.3. The van der Waals surface area contributed by atoms with E-state index in [4.69, 9.17) is 4.74 Å². The molecule has 8 heteroatoms. The van der Waals surface area contributed by atoms with Crippen molar-refractivity contribution in [2.24, 2.45) is 0 Å². The highest BCUT2D eigenvalue weighted by Gasteiger charge is 2.15. The first-order chi connectivity index (χ1) is 13.2. The van der Waals surface area contributed by atoms with Gasteiger partial charge in [0.15, 0.2) is 11.0 Å². The maximum atomic E-state index is 12.3. The van der Waals surface area contributed by atoms with E-state index in [2.05, 4.69) is 20.5 Å². The van der Waals surface area contributed by atoms with Gasteiger partial charge < -0.3 is 10.1 Å². The number of ether oxygens (including phenoxy) is 1. The van der Waals surface area contributed by atoms with Crippen molar-refractivity contribution in [3.63, 3.8) is 0 Å². The third-order valence-corrected chi connectivity index (χ3v) is 4.78. The molecule has 0 saturated heterocycles. The molecule has 0 aliphatic heterocycles. The third-order valence-electron chi connectivity index (χ3n) is 3.81. The quantitative estimate of drug-likeness (QED) is 0.602. The topological polar surface area (TPSA) is 81.9 Å². The lowest BCUT2D eigenvalue weighted by molar-refractivity contribution is -0.113. The number of nitrogens with one attached hydrogen (secondary N) is 1. The molecule has 0 aliphatic carbocycles. The van der Waals surface area contributed by atoms with Gasteiger partial charge in [-0.05, 0) is 36.8 Å². The summed E-state index contributed by atoms with van der Waals surface area (Å²) in [4.78, 5) is 16.3. The number of nitrogens with zero attached hydrogens (tertiary/aromatic N) is 4. The van der Waals surface area contributed by atoms with E-state index in [9.17, 15) is 4.79 Å². The molecule has 0 radical (unpaired) electrons. The van der Waals surface area contributed by atoms with E-state index >= 15 is 0 Å². The van der Waals surface area contributed by atoms with Crippen molar-refractivity contribution in [1.29, 1.82) is 0 Å². The van der Waals surface area contributed by atoms with Crippen LogP contribution in [0.2, 0.25) is 0 Å². The molecule has 3 rings (SSSR count). The number of methoxy groups -OCH3 is 1. The van der Waals surface area contributed by atoms with E-state index in [1.807, 2.05) is 47.9 Å². The van der Waals surface area contributed by atoms with Crippen LogP contribution in [-0.4, -0.2) is 45.1 Å². The molecule has 0 saturated carbocycles. The highest BCUT2D eigenvalue weighted by Crippen LogP contribution is 2.23. The van der Waals surface area contributed by atoms with Crippen LogP contribution >= 0.6 is 11.8 Å². The van der Waals surface area contributed by atoms with Crippen LogP contribution in [0.4, 0.5) is 5.69 Å². The molecular formula is C19H21N5O2S. The monoisotopic (exact) mass is 383 g/mol. The van der Waals surface area contributed by atoms with Crippen LogP contribution in [0.1, 0.15) is 5.56 Å². The Morgan fingerprint density at radius 3 is 2.78 bits per heavy atom. The molecule has 27 heavy (non-hydrogen) atoms. The summed E-state index contributed by atoms with van der Waals surface area (Å²) in [7, 11) is 1.65. The van der Waals surface area contributed by atoms with Gasteiger partial charge in [0.1, 0.15) is 0 Å². The van der Waals surface area contributed by atoms with Crippen molar-refractivity contribution in [2.75, 3.05) is 24.8 Å². The van der Waals surface area contributed by atoms with Crippen molar-refractivity contribution >= 4 is 23.4 Å². The van der Waals surface area contributed by atoms with Crippen LogP contribution in [0.3, 0.4) is 0 Å². The second-order valence-electron chi connectivity index (χ2n) is 5.89. The molecule has 0 unspecified atom stereocenters. The van der Waals surface area contributed by atoms with Gasteiger partial charge in [-0.2, -0.15) is 0 Å². The molecule has 2 aromatic heterocycles. The van der Waals surface area contributed by atoms with Gasteiger partial charge >= 0.3 is 0 Å². The number of pyridine rings is 1. The van der Waals surface area contributed by atoms with E-state index in [0.29, 0.717) is 18.3 Å². The number of thioether (sulfide) groups is 1. The molecule has 0 spiro atoms. The molecule has 7 nitrogen and oxygen atoms in total. The van der Waals surface area contributed by atoms with E-state index in [1.54, 1.807) is 19.5 Å². The summed E-state index contributed by atoms with van der Waals surface area (Å²) >= 11 is 1.35. The van der Waals surface area contributed by atoms with Gasteiger partial charge in [0.2, 0.25) is 5.91 Å². The molecular weight excluding hydrogens is 362 g/mol. The molecule has 140 valence electrons. The summed E-state index contributed by atoms with van der Waals surface area (Å²) in [5.74, 6) is 0.892. The fourth-order valence-corrected chi connectivity index (χ4v) is 3.31. The van der Waals surface area contributed by atoms with Gasteiger partial charge in [0.25, 0.3) is 0 Å². The maximum absolute atomic E-state index is 12.3. The smallest absolute Gasteiger partial charge is 0.234 e. The Balaban J connectivity index is 1.70. The molecule has 2 heterocycles. The fourth-order valence-electron chi connectivity index (χ4n) is 2.54. The summed E-state index contributed by atoms with van der Waals surface area (Å²) < 4.78 is 7.16. The van der Waals surface area contributed by atoms with E-state index in [-0.39, 0.29) is 11.7 Å². The first kappa shape index (κ1) is 19.1. The van der Waals surface area contributed by atoms with E-state index in [0.717, 1.165) is 22.6 Å². The number of amides is 1. The van der Waals surface area contributed by atoms with Gasteiger partial charge in [-0.1, -0.05) is 23.9 Å². The summed E-state index contributed by atoms with van der Waals surface area (Å²) in [6.07, 6.45) is 3.43. The normalized spacial score (nSPS) is 10.7. The Bertz CT molecular complexity index is 898. The molecule has 0 bridgehead atoms. The van der Waals surface area contributed by atoms with Crippen LogP contribution in [0.25, 0.3) is 11.4 Å². The summed E-state index contributed by atoms with van der Waals surface area (Å²) in [5, 5.41) is 12.1. The lowest BCUT2D eigenvalue weighted by Gasteiger charge is -2.10. The van der Waals surface area contributed by atoms with Crippen molar-refractivity contribution in [3.8, 4) is 11.4 Å². The van der Waals surface area contributed by atoms with Crippen LogP contribution in [0.5, 0.6) is 0 Å². The van der Waals surface area contributed by atoms with Gasteiger partial charge in [-0.15, -0.1) is 10.2 Å². The Kier molecular flexibility index (Phi) is 6.56. The first-order valence-electron chi connectivity index (χ1n) is 8.49. The third kappa shape index (κ3) is 5.15. The summed E-state index contributed by atoms with van der Waals surface area (Å²) in [6.45, 7) is 3.12. The summed E-state index contributed by atoms with van der Waals surface area (Å²) in [6, 6.07) is 11.5. The van der Waals surface area contributed by atoms with Gasteiger partial charge in [0.05, 0.1) is 18.9 Å². The lowest BCUT2D eigenvalue weighted by atomic mass is 10.2. The number of rotatable bonds is 8. The number of benzene rings is 1. The zero-order valence-corrected chi connectivity index (χ0v) is 16.1. The SMILES string of the molecule is COCCn1c(SCC(=O)Nc2cccc(C)c2)nnc1-c1ccncc1. The number of carbonyl (C=O) groups excluding carboxylic acids is 1. The average molecular weight is 383 g/mol. The molecule has 1 N–H and O–H groups in total. The van der Waals surface area contributed by atoms with Crippen LogP contribution in [0, 0.1) is 6.92 Å². The Labute approximate surface area is 162 Å². The van der Waals surface area contributed by atoms with Gasteiger partial charge in [0, 0.05) is 30.8 Å². The summed E-state index contributed by atoms with van der Waals surface area (Å²) in [5.41, 5.74) is 2.81. The first-order valence-corrected chi connectivity index (χ1v) is 9.48. The molecule has 1 amide bonds. The minimum atomic E-state index is -0.0858. The van der Waals surface area contributed by atoms with Crippen LogP contribution < -0.4 is 5.32 Å². The van der Waals surface area contributed by atoms with E-state index in [1.165, 1.54) is 11.8 Å². The Morgan fingerprint density at radius 1 is 1.22 bits per heavy atom. The van der Waals surface area contributed by atoms with Crippen molar-refractivity contribution in [1.82, 2.24) is 19.7 Å². The van der Waals surface area contributed by atoms with Gasteiger partial charge in [-0.3, -0.25) is 14.3 Å². The van der Waals surface area contributed by atoms with Crippen molar-refractivity contribution in [3.05, 3.63) is 54.4 Å². The number of carbonyl (C=O) groups is 1. The fraction of sp³-hybridized carbons (Fsp3) is 0.263.